The standard InChI is InChI=1S/C17H21N3O4S2/c1-13-3-5-14(6-4-13)12-25-10-9-19-16-8-7-15(26(23,24)18-2)11-17(16)20(21)22/h3-8,11,18-19H,9-10,12H2,1-2H3. The van der Waals surface area contributed by atoms with Crippen LogP contribution in [0.2, 0.25) is 0 Å². The number of rotatable bonds is 9. The van der Waals surface area contributed by atoms with E-state index in [0.29, 0.717) is 12.2 Å². The Labute approximate surface area is 157 Å². The summed E-state index contributed by atoms with van der Waals surface area (Å²) >= 11 is 1.72. The molecule has 2 aromatic rings. The molecule has 0 atom stereocenters. The zero-order chi connectivity index (χ0) is 19.2. The Morgan fingerprint density at radius 1 is 1.15 bits per heavy atom. The number of nitrogens with zero attached hydrogens (tertiary/aromatic N) is 1. The van der Waals surface area contributed by atoms with Crippen LogP contribution in [0.25, 0.3) is 0 Å². The number of benzene rings is 2. The van der Waals surface area contributed by atoms with Crippen LogP contribution >= 0.6 is 11.8 Å². The van der Waals surface area contributed by atoms with Crippen molar-refractivity contribution in [3.63, 3.8) is 0 Å². The fourth-order valence-electron chi connectivity index (χ4n) is 2.23. The molecule has 2 aromatic carbocycles. The van der Waals surface area contributed by atoms with Crippen molar-refractivity contribution in [2.45, 2.75) is 17.6 Å². The predicted molar refractivity (Wildman–Crippen MR) is 105 cm³/mol. The zero-order valence-electron chi connectivity index (χ0n) is 14.6. The van der Waals surface area contributed by atoms with E-state index in [1.165, 1.54) is 30.3 Å². The molecule has 7 nitrogen and oxygen atoms in total. The van der Waals surface area contributed by atoms with Crippen LogP contribution < -0.4 is 10.0 Å². The van der Waals surface area contributed by atoms with Crippen molar-refractivity contribution in [3.8, 4) is 0 Å². The van der Waals surface area contributed by atoms with Crippen LogP contribution in [0.1, 0.15) is 11.1 Å². The summed E-state index contributed by atoms with van der Waals surface area (Å²) in [6.45, 7) is 2.58. The van der Waals surface area contributed by atoms with E-state index in [1.54, 1.807) is 11.8 Å². The fourth-order valence-corrected chi connectivity index (χ4v) is 3.80. The Balaban J connectivity index is 1.94. The van der Waals surface area contributed by atoms with E-state index < -0.39 is 14.9 Å². The molecule has 0 aliphatic carbocycles. The van der Waals surface area contributed by atoms with E-state index in [9.17, 15) is 18.5 Å². The van der Waals surface area contributed by atoms with E-state index >= 15 is 0 Å². The predicted octanol–water partition coefficient (Wildman–Crippen LogP) is 3.16. The molecule has 0 aromatic heterocycles. The average Bonchev–Trinajstić information content (AvgIpc) is 2.62. The minimum absolute atomic E-state index is 0.133. The topological polar surface area (TPSA) is 101 Å². The van der Waals surface area contributed by atoms with Crippen molar-refractivity contribution in [1.29, 1.82) is 0 Å². The summed E-state index contributed by atoms with van der Waals surface area (Å²) in [5, 5.41) is 14.2. The lowest BCUT2D eigenvalue weighted by Crippen LogP contribution is -2.19. The molecule has 2 N–H and O–H groups in total. The third-order valence-electron chi connectivity index (χ3n) is 3.70. The van der Waals surface area contributed by atoms with Crippen LogP contribution in [0.3, 0.4) is 0 Å². The minimum atomic E-state index is -3.72. The van der Waals surface area contributed by atoms with Crippen molar-refractivity contribution in [2.75, 3.05) is 24.7 Å². The monoisotopic (exact) mass is 395 g/mol. The number of nitro benzene ring substituents is 1. The number of nitro groups is 1. The number of nitrogens with one attached hydrogen (secondary N) is 2. The van der Waals surface area contributed by atoms with Crippen LogP contribution in [-0.2, 0) is 15.8 Å². The van der Waals surface area contributed by atoms with Crippen molar-refractivity contribution in [2.24, 2.45) is 0 Å². The lowest BCUT2D eigenvalue weighted by Gasteiger charge is -2.09. The molecule has 0 heterocycles. The van der Waals surface area contributed by atoms with Gasteiger partial charge in [0.05, 0.1) is 9.82 Å². The van der Waals surface area contributed by atoms with Crippen LogP contribution in [0.15, 0.2) is 47.4 Å². The number of sulfonamides is 1. The largest absolute Gasteiger partial charge is 0.379 e. The van der Waals surface area contributed by atoms with Crippen molar-refractivity contribution in [3.05, 3.63) is 63.7 Å². The van der Waals surface area contributed by atoms with Gasteiger partial charge in [0.15, 0.2) is 0 Å². The number of hydrogen-bond donors (Lipinski definition) is 2. The highest BCUT2D eigenvalue weighted by atomic mass is 32.2. The maximum absolute atomic E-state index is 11.8. The van der Waals surface area contributed by atoms with Crippen LogP contribution in [0.5, 0.6) is 0 Å². The number of thioether (sulfide) groups is 1. The van der Waals surface area contributed by atoms with E-state index in [1.807, 2.05) is 6.92 Å². The van der Waals surface area contributed by atoms with Gasteiger partial charge in [-0.2, -0.15) is 11.8 Å². The van der Waals surface area contributed by atoms with Crippen molar-refractivity contribution in [1.82, 2.24) is 4.72 Å². The maximum atomic E-state index is 11.8. The van der Waals surface area contributed by atoms with Gasteiger partial charge in [0.1, 0.15) is 5.69 Å². The minimum Gasteiger partial charge on any atom is -0.379 e. The first kappa shape index (κ1) is 20.2. The number of aryl methyl sites for hydroxylation is 1. The SMILES string of the molecule is CNS(=O)(=O)c1ccc(NCCSCc2ccc(C)cc2)c([N+](=O)[O-])c1. The fraction of sp³-hybridized carbons (Fsp3) is 0.294. The van der Waals surface area contributed by atoms with Gasteiger partial charge in [-0.25, -0.2) is 13.1 Å². The van der Waals surface area contributed by atoms with Crippen LogP contribution in [0.4, 0.5) is 11.4 Å². The average molecular weight is 396 g/mol. The first-order valence-corrected chi connectivity index (χ1v) is 10.6. The molecule has 0 unspecified atom stereocenters. The normalized spacial score (nSPS) is 11.3. The third-order valence-corrected chi connectivity index (χ3v) is 6.14. The Morgan fingerprint density at radius 2 is 1.85 bits per heavy atom. The molecule has 0 fully saturated rings. The quantitative estimate of drug-likeness (QED) is 0.384. The second kappa shape index (κ2) is 9.02. The van der Waals surface area contributed by atoms with E-state index in [-0.39, 0.29) is 10.6 Å². The molecular formula is C17H21N3O4S2. The second-order valence-electron chi connectivity index (χ2n) is 5.61. The van der Waals surface area contributed by atoms with Gasteiger partial charge < -0.3 is 5.32 Å². The highest BCUT2D eigenvalue weighted by Crippen LogP contribution is 2.27. The van der Waals surface area contributed by atoms with Gasteiger partial charge in [-0.3, -0.25) is 10.1 Å². The van der Waals surface area contributed by atoms with Crippen LogP contribution in [0, 0.1) is 17.0 Å². The molecular weight excluding hydrogens is 374 g/mol. The number of hydrogen-bond acceptors (Lipinski definition) is 6. The Hall–Kier alpha value is -2.10. The van der Waals surface area contributed by atoms with Gasteiger partial charge >= 0.3 is 0 Å². The second-order valence-corrected chi connectivity index (χ2v) is 8.60. The highest BCUT2D eigenvalue weighted by molar-refractivity contribution is 7.98. The van der Waals surface area contributed by atoms with Crippen LogP contribution in [-0.4, -0.2) is 32.7 Å². The van der Waals surface area contributed by atoms with Gasteiger partial charge in [-0.05, 0) is 31.7 Å². The van der Waals surface area contributed by atoms with Gasteiger partial charge in [0.2, 0.25) is 10.0 Å². The first-order chi connectivity index (χ1) is 12.3. The van der Waals surface area contributed by atoms with E-state index in [4.69, 9.17) is 0 Å². The summed E-state index contributed by atoms with van der Waals surface area (Å²) in [4.78, 5) is 10.5. The van der Waals surface area contributed by atoms with Gasteiger partial charge in [-0.15, -0.1) is 0 Å². The molecule has 0 spiro atoms. The van der Waals surface area contributed by atoms with Crippen molar-refractivity contribution >= 4 is 33.2 Å². The smallest absolute Gasteiger partial charge is 0.293 e. The molecule has 2 rings (SSSR count). The molecule has 0 amide bonds. The Morgan fingerprint density at radius 3 is 2.46 bits per heavy atom. The molecule has 0 saturated heterocycles. The van der Waals surface area contributed by atoms with E-state index in [0.717, 1.165) is 17.6 Å². The Kier molecular flexibility index (Phi) is 7.01. The van der Waals surface area contributed by atoms with Gasteiger partial charge in [0.25, 0.3) is 5.69 Å². The molecule has 140 valence electrons. The highest BCUT2D eigenvalue weighted by Gasteiger charge is 2.20. The van der Waals surface area contributed by atoms with E-state index in [2.05, 4.69) is 34.3 Å². The summed E-state index contributed by atoms with van der Waals surface area (Å²) in [7, 11) is -2.46. The summed E-state index contributed by atoms with van der Waals surface area (Å²) in [5.74, 6) is 1.63. The third kappa shape index (κ3) is 5.45. The maximum Gasteiger partial charge on any atom is 0.293 e. The lowest BCUT2D eigenvalue weighted by molar-refractivity contribution is -0.384. The van der Waals surface area contributed by atoms with Gasteiger partial charge in [0, 0.05) is 24.1 Å². The van der Waals surface area contributed by atoms with Crippen molar-refractivity contribution < 1.29 is 13.3 Å². The summed E-state index contributed by atoms with van der Waals surface area (Å²) < 4.78 is 25.7. The lowest BCUT2D eigenvalue weighted by atomic mass is 10.2. The van der Waals surface area contributed by atoms with Gasteiger partial charge in [-0.1, -0.05) is 29.8 Å². The molecule has 0 saturated carbocycles. The summed E-state index contributed by atoms with van der Waals surface area (Å²) in [5.41, 5.74) is 2.50. The summed E-state index contributed by atoms with van der Waals surface area (Å²) in [6.07, 6.45) is 0. The molecule has 0 radical (unpaired) electrons. The molecule has 0 bridgehead atoms. The molecule has 9 heteroatoms. The first-order valence-electron chi connectivity index (χ1n) is 7.92. The number of anilines is 1. The zero-order valence-corrected chi connectivity index (χ0v) is 16.2. The molecule has 0 aliphatic rings. The summed E-state index contributed by atoms with van der Waals surface area (Å²) in [6, 6.07) is 12.1. The Bertz CT molecular complexity index is 868. The molecule has 26 heavy (non-hydrogen) atoms. The molecule has 0 aliphatic heterocycles.